The summed E-state index contributed by atoms with van der Waals surface area (Å²) in [5, 5.41) is 0. The molecule has 0 radical (unpaired) electrons. The van der Waals surface area contributed by atoms with Gasteiger partial charge in [0.15, 0.2) is 0 Å². The van der Waals surface area contributed by atoms with Crippen LogP contribution < -0.4 is 10.5 Å². The minimum atomic E-state index is 0.144. The zero-order chi connectivity index (χ0) is 15.2. The van der Waals surface area contributed by atoms with E-state index in [0.29, 0.717) is 24.8 Å². The number of nitrogens with zero attached hydrogens (tertiary/aromatic N) is 2. The van der Waals surface area contributed by atoms with E-state index in [1.165, 1.54) is 0 Å². The Morgan fingerprint density at radius 2 is 2.14 bits per heavy atom. The van der Waals surface area contributed by atoms with Crippen LogP contribution in [0, 0.1) is 0 Å². The molecular weight excluding hydrogens is 266 g/mol. The van der Waals surface area contributed by atoms with Crippen molar-refractivity contribution in [2.24, 2.45) is 0 Å². The molecule has 0 aromatic heterocycles. The van der Waals surface area contributed by atoms with Gasteiger partial charge in [0, 0.05) is 25.3 Å². The second-order valence-corrected chi connectivity index (χ2v) is 5.73. The topological polar surface area (TPSA) is 58.8 Å². The number of ether oxygens (including phenoxy) is 1. The summed E-state index contributed by atoms with van der Waals surface area (Å²) in [5.41, 5.74) is 6.32. The number of carbonyl (C=O) groups excluding carboxylic acids is 1. The van der Waals surface area contributed by atoms with Gasteiger partial charge in [-0.15, -0.1) is 0 Å². The Hall–Kier alpha value is -1.75. The van der Waals surface area contributed by atoms with Gasteiger partial charge in [-0.1, -0.05) is 0 Å². The van der Waals surface area contributed by atoms with Gasteiger partial charge in [-0.05, 0) is 50.7 Å². The molecular formula is C16H25N3O2. The van der Waals surface area contributed by atoms with E-state index in [0.717, 1.165) is 31.7 Å². The lowest BCUT2D eigenvalue weighted by atomic mass is 10.0. The number of likely N-dealkylation sites (tertiary alicyclic amines) is 1. The van der Waals surface area contributed by atoms with Crippen molar-refractivity contribution in [1.82, 2.24) is 9.80 Å². The maximum atomic E-state index is 12.2. The first kappa shape index (κ1) is 15.6. The molecule has 2 N–H and O–H groups in total. The van der Waals surface area contributed by atoms with Crippen LogP contribution in [0.2, 0.25) is 0 Å². The summed E-state index contributed by atoms with van der Waals surface area (Å²) >= 11 is 0. The van der Waals surface area contributed by atoms with Crippen LogP contribution in [-0.4, -0.2) is 55.5 Å². The first-order valence-corrected chi connectivity index (χ1v) is 7.49. The fourth-order valence-electron chi connectivity index (χ4n) is 2.66. The van der Waals surface area contributed by atoms with E-state index in [1.807, 2.05) is 24.1 Å². The molecule has 5 heteroatoms. The summed E-state index contributed by atoms with van der Waals surface area (Å²) in [6.45, 7) is 2.48. The van der Waals surface area contributed by atoms with Crippen molar-refractivity contribution in [3.63, 3.8) is 0 Å². The van der Waals surface area contributed by atoms with Gasteiger partial charge >= 0.3 is 0 Å². The number of benzene rings is 1. The molecule has 1 unspecified atom stereocenters. The summed E-state index contributed by atoms with van der Waals surface area (Å²) in [4.78, 5) is 16.4. The average Bonchev–Trinajstić information content (AvgIpc) is 2.48. The van der Waals surface area contributed by atoms with Crippen LogP contribution in [0.3, 0.4) is 0 Å². The van der Waals surface area contributed by atoms with Gasteiger partial charge in [0.25, 0.3) is 0 Å². The summed E-state index contributed by atoms with van der Waals surface area (Å²) in [7, 11) is 4.00. The van der Waals surface area contributed by atoms with Gasteiger partial charge in [-0.25, -0.2) is 0 Å². The molecule has 2 rings (SSSR count). The number of nitrogens with two attached hydrogens (primary N) is 1. The van der Waals surface area contributed by atoms with Gasteiger partial charge in [-0.3, -0.25) is 4.79 Å². The summed E-state index contributed by atoms with van der Waals surface area (Å²) in [5.74, 6) is 0.891. The van der Waals surface area contributed by atoms with Gasteiger partial charge in [-0.2, -0.15) is 0 Å². The van der Waals surface area contributed by atoms with Crippen LogP contribution in [0.5, 0.6) is 5.75 Å². The van der Waals surface area contributed by atoms with Crippen molar-refractivity contribution in [3.8, 4) is 5.75 Å². The average molecular weight is 291 g/mol. The lowest BCUT2D eigenvalue weighted by Gasteiger charge is -2.35. The largest absolute Gasteiger partial charge is 0.493 e. The number of piperidine rings is 1. The molecule has 0 saturated carbocycles. The zero-order valence-electron chi connectivity index (χ0n) is 12.9. The van der Waals surface area contributed by atoms with Crippen LogP contribution in [0.1, 0.15) is 19.3 Å². The molecule has 1 amide bonds. The Balaban J connectivity index is 1.74. The van der Waals surface area contributed by atoms with Crippen molar-refractivity contribution < 1.29 is 9.53 Å². The molecule has 1 fully saturated rings. The van der Waals surface area contributed by atoms with Crippen molar-refractivity contribution in [2.45, 2.75) is 25.3 Å². The Kier molecular flexibility index (Phi) is 5.44. The molecule has 1 heterocycles. The first-order chi connectivity index (χ1) is 10.1. The van der Waals surface area contributed by atoms with E-state index in [1.54, 1.807) is 12.1 Å². The van der Waals surface area contributed by atoms with Crippen LogP contribution in [-0.2, 0) is 4.79 Å². The van der Waals surface area contributed by atoms with E-state index in [2.05, 4.69) is 11.9 Å². The summed E-state index contributed by atoms with van der Waals surface area (Å²) in [6.07, 6.45) is 2.65. The standard InChI is InChI=1S/C16H25N3O2/c1-18-10-3-4-14(12-18)19(2)16(20)9-11-21-15-7-5-13(17)6-8-15/h5-8,14H,3-4,9-12,17H2,1-2H3. The molecule has 21 heavy (non-hydrogen) atoms. The minimum absolute atomic E-state index is 0.144. The third-order valence-corrected chi connectivity index (χ3v) is 4.01. The predicted molar refractivity (Wildman–Crippen MR) is 84.3 cm³/mol. The normalized spacial score (nSPS) is 19.2. The number of anilines is 1. The third kappa shape index (κ3) is 4.63. The highest BCUT2D eigenvalue weighted by Crippen LogP contribution is 2.15. The fourth-order valence-corrected chi connectivity index (χ4v) is 2.66. The molecule has 5 nitrogen and oxygen atoms in total. The van der Waals surface area contributed by atoms with E-state index in [4.69, 9.17) is 10.5 Å². The molecule has 1 aliphatic heterocycles. The van der Waals surface area contributed by atoms with E-state index in [9.17, 15) is 4.79 Å². The molecule has 1 aromatic rings. The van der Waals surface area contributed by atoms with Crippen LogP contribution in [0.15, 0.2) is 24.3 Å². The number of carbonyl (C=O) groups is 1. The zero-order valence-corrected chi connectivity index (χ0v) is 12.9. The molecule has 0 spiro atoms. The lowest BCUT2D eigenvalue weighted by molar-refractivity contribution is -0.133. The Morgan fingerprint density at radius 3 is 2.81 bits per heavy atom. The highest BCUT2D eigenvalue weighted by atomic mass is 16.5. The molecule has 1 aliphatic rings. The highest BCUT2D eigenvalue weighted by Gasteiger charge is 2.24. The van der Waals surface area contributed by atoms with Gasteiger partial charge < -0.3 is 20.3 Å². The molecule has 116 valence electrons. The Bertz CT molecular complexity index is 461. The summed E-state index contributed by atoms with van der Waals surface area (Å²) in [6, 6.07) is 7.55. The SMILES string of the molecule is CN1CCCC(N(C)C(=O)CCOc2ccc(N)cc2)C1. The Morgan fingerprint density at radius 1 is 1.43 bits per heavy atom. The van der Waals surface area contributed by atoms with Crippen molar-refractivity contribution in [2.75, 3.05) is 39.5 Å². The maximum Gasteiger partial charge on any atom is 0.226 e. The Labute approximate surface area is 126 Å². The van der Waals surface area contributed by atoms with Gasteiger partial charge in [0.1, 0.15) is 5.75 Å². The smallest absolute Gasteiger partial charge is 0.226 e. The number of amides is 1. The monoisotopic (exact) mass is 291 g/mol. The third-order valence-electron chi connectivity index (χ3n) is 4.01. The second kappa shape index (κ2) is 7.31. The lowest BCUT2D eigenvalue weighted by Crippen LogP contribution is -2.47. The van der Waals surface area contributed by atoms with E-state index >= 15 is 0 Å². The molecule has 0 aliphatic carbocycles. The van der Waals surface area contributed by atoms with Gasteiger partial charge in [0.2, 0.25) is 5.91 Å². The minimum Gasteiger partial charge on any atom is -0.493 e. The van der Waals surface area contributed by atoms with Crippen molar-refractivity contribution in [3.05, 3.63) is 24.3 Å². The molecule has 0 bridgehead atoms. The molecule has 1 atom stereocenters. The van der Waals surface area contributed by atoms with Crippen molar-refractivity contribution in [1.29, 1.82) is 0 Å². The maximum absolute atomic E-state index is 12.2. The first-order valence-electron chi connectivity index (χ1n) is 7.49. The van der Waals surface area contributed by atoms with Gasteiger partial charge in [0.05, 0.1) is 13.0 Å². The quantitative estimate of drug-likeness (QED) is 0.837. The number of rotatable bonds is 5. The van der Waals surface area contributed by atoms with E-state index < -0.39 is 0 Å². The van der Waals surface area contributed by atoms with Crippen molar-refractivity contribution >= 4 is 11.6 Å². The molecule has 1 aromatic carbocycles. The summed E-state index contributed by atoms with van der Waals surface area (Å²) < 4.78 is 5.58. The number of likely N-dealkylation sites (N-methyl/N-ethyl adjacent to an activating group) is 2. The molecule has 1 saturated heterocycles. The van der Waals surface area contributed by atoms with E-state index in [-0.39, 0.29) is 5.91 Å². The highest BCUT2D eigenvalue weighted by molar-refractivity contribution is 5.76. The van der Waals surface area contributed by atoms with Crippen LogP contribution >= 0.6 is 0 Å². The number of nitrogen functional groups attached to an aromatic ring is 1. The fraction of sp³-hybridized carbons (Fsp3) is 0.562. The number of hydrogen-bond donors (Lipinski definition) is 1. The second-order valence-electron chi connectivity index (χ2n) is 5.73. The number of hydrogen-bond acceptors (Lipinski definition) is 4. The van der Waals surface area contributed by atoms with Crippen LogP contribution in [0.25, 0.3) is 0 Å². The predicted octanol–water partition coefficient (Wildman–Crippen LogP) is 1.59. The van der Waals surface area contributed by atoms with Crippen LogP contribution in [0.4, 0.5) is 5.69 Å².